The maximum absolute atomic E-state index is 5.93. The van der Waals surface area contributed by atoms with Crippen LogP contribution in [0.15, 0.2) is 6.33 Å². The molecule has 0 amide bonds. The van der Waals surface area contributed by atoms with Gasteiger partial charge in [-0.1, -0.05) is 0 Å². The van der Waals surface area contributed by atoms with E-state index in [2.05, 4.69) is 28.5 Å². The van der Waals surface area contributed by atoms with Crippen molar-refractivity contribution < 1.29 is 4.74 Å². The Morgan fingerprint density at radius 1 is 1.53 bits per heavy atom. The van der Waals surface area contributed by atoms with Crippen LogP contribution in [0.5, 0.6) is 5.88 Å². The molecule has 0 saturated carbocycles. The zero-order valence-electron chi connectivity index (χ0n) is 10.6. The molecule has 1 rings (SSSR count). The molecule has 0 fully saturated rings. The number of nitrogens with one attached hydrogen (secondary N) is 1. The minimum atomic E-state index is 0.328. The largest absolute Gasteiger partial charge is 0.476 e. The number of anilines is 2. The molecule has 17 heavy (non-hydrogen) atoms. The van der Waals surface area contributed by atoms with Crippen LogP contribution in [-0.4, -0.2) is 34.6 Å². The number of thioether (sulfide) groups is 1. The van der Waals surface area contributed by atoms with Crippen LogP contribution < -0.4 is 15.8 Å². The van der Waals surface area contributed by atoms with E-state index in [-0.39, 0.29) is 0 Å². The molecule has 96 valence electrons. The number of aromatic nitrogens is 2. The quantitative estimate of drug-likeness (QED) is 0.777. The second-order valence-electron chi connectivity index (χ2n) is 3.70. The lowest BCUT2D eigenvalue weighted by Gasteiger charge is -2.16. The number of hydrogen-bond acceptors (Lipinski definition) is 6. The summed E-state index contributed by atoms with van der Waals surface area (Å²) >= 11 is 1.83. The highest BCUT2D eigenvalue weighted by molar-refractivity contribution is 7.98. The zero-order valence-corrected chi connectivity index (χ0v) is 11.4. The van der Waals surface area contributed by atoms with Gasteiger partial charge < -0.3 is 15.8 Å². The molecule has 1 aromatic heterocycles. The summed E-state index contributed by atoms with van der Waals surface area (Å²) in [5.41, 5.74) is 6.41. The molecule has 0 aliphatic carbocycles. The fourth-order valence-corrected chi connectivity index (χ4v) is 1.94. The van der Waals surface area contributed by atoms with E-state index in [9.17, 15) is 0 Å². The predicted octanol–water partition coefficient (Wildman–Crippen LogP) is 2.01. The molecule has 1 atom stereocenters. The highest BCUT2D eigenvalue weighted by Gasteiger charge is 2.10. The fourth-order valence-electron chi connectivity index (χ4n) is 1.35. The van der Waals surface area contributed by atoms with Gasteiger partial charge in [-0.25, -0.2) is 4.98 Å². The summed E-state index contributed by atoms with van der Waals surface area (Å²) in [6.45, 7) is 4.55. The molecule has 1 aromatic rings. The summed E-state index contributed by atoms with van der Waals surface area (Å²) in [7, 11) is 0. The van der Waals surface area contributed by atoms with E-state index in [0.717, 1.165) is 12.2 Å². The van der Waals surface area contributed by atoms with Crippen molar-refractivity contribution in [2.45, 2.75) is 26.3 Å². The van der Waals surface area contributed by atoms with E-state index in [1.807, 2.05) is 18.7 Å². The fraction of sp³-hybridized carbons (Fsp3) is 0.636. The van der Waals surface area contributed by atoms with Crippen LogP contribution in [0, 0.1) is 0 Å². The molecule has 5 nitrogen and oxygen atoms in total. The minimum Gasteiger partial charge on any atom is -0.476 e. The summed E-state index contributed by atoms with van der Waals surface area (Å²) in [5, 5.41) is 3.27. The van der Waals surface area contributed by atoms with Crippen molar-refractivity contribution in [3.63, 3.8) is 0 Å². The molecule has 0 spiro atoms. The first-order chi connectivity index (χ1) is 8.19. The van der Waals surface area contributed by atoms with Crippen LogP contribution in [-0.2, 0) is 0 Å². The molecule has 1 heterocycles. The van der Waals surface area contributed by atoms with Crippen LogP contribution in [0.3, 0.4) is 0 Å². The first-order valence-corrected chi connectivity index (χ1v) is 7.07. The van der Waals surface area contributed by atoms with Gasteiger partial charge in [0.15, 0.2) is 5.82 Å². The second kappa shape index (κ2) is 7.21. The van der Waals surface area contributed by atoms with Crippen molar-refractivity contribution in [2.75, 3.05) is 29.7 Å². The Morgan fingerprint density at radius 2 is 2.29 bits per heavy atom. The van der Waals surface area contributed by atoms with E-state index >= 15 is 0 Å². The summed E-state index contributed by atoms with van der Waals surface area (Å²) in [4.78, 5) is 8.13. The Hall–Kier alpha value is -1.17. The average molecular weight is 256 g/mol. The molecule has 0 saturated heterocycles. The van der Waals surface area contributed by atoms with Gasteiger partial charge >= 0.3 is 0 Å². The standard InChI is InChI=1S/C11H20N4OS/c1-4-16-11-9(12)10(13-7-14-11)15-8(2)5-6-17-3/h7-8H,4-6,12H2,1-3H3,(H,13,14,15). The van der Waals surface area contributed by atoms with Gasteiger partial charge in [-0.15, -0.1) is 0 Å². The van der Waals surface area contributed by atoms with Crippen LogP contribution in [0.2, 0.25) is 0 Å². The lowest BCUT2D eigenvalue weighted by atomic mass is 10.2. The highest BCUT2D eigenvalue weighted by Crippen LogP contribution is 2.25. The van der Waals surface area contributed by atoms with Gasteiger partial charge in [0, 0.05) is 6.04 Å². The van der Waals surface area contributed by atoms with Crippen molar-refractivity contribution in [3.05, 3.63) is 6.33 Å². The summed E-state index contributed by atoms with van der Waals surface area (Å²) in [5.74, 6) is 2.21. The Balaban J connectivity index is 2.67. The highest BCUT2D eigenvalue weighted by atomic mass is 32.2. The van der Waals surface area contributed by atoms with Crippen LogP contribution >= 0.6 is 11.8 Å². The van der Waals surface area contributed by atoms with Crippen LogP contribution in [0.4, 0.5) is 11.5 Å². The summed E-state index contributed by atoms with van der Waals surface area (Å²) in [6, 6.07) is 0.328. The van der Waals surface area contributed by atoms with Gasteiger partial charge in [-0.3, -0.25) is 0 Å². The predicted molar refractivity (Wildman–Crippen MR) is 73.7 cm³/mol. The number of nitrogen functional groups attached to an aromatic ring is 1. The number of rotatable bonds is 7. The lowest BCUT2D eigenvalue weighted by molar-refractivity contribution is 0.328. The molecule has 0 bridgehead atoms. The third-order valence-electron chi connectivity index (χ3n) is 2.27. The molecule has 0 radical (unpaired) electrons. The third-order valence-corrected chi connectivity index (χ3v) is 2.91. The topological polar surface area (TPSA) is 73.1 Å². The van der Waals surface area contributed by atoms with Gasteiger partial charge in [0.05, 0.1) is 6.61 Å². The van der Waals surface area contributed by atoms with Gasteiger partial charge in [0.25, 0.3) is 0 Å². The van der Waals surface area contributed by atoms with Gasteiger partial charge in [-0.2, -0.15) is 16.7 Å². The molecule has 0 aliphatic heterocycles. The maximum Gasteiger partial charge on any atom is 0.242 e. The average Bonchev–Trinajstić information content (AvgIpc) is 2.32. The number of hydrogen-bond donors (Lipinski definition) is 2. The molecule has 3 N–H and O–H groups in total. The molecule has 0 aromatic carbocycles. The molecular weight excluding hydrogens is 236 g/mol. The van der Waals surface area contributed by atoms with Gasteiger partial charge in [0.2, 0.25) is 5.88 Å². The van der Waals surface area contributed by atoms with Crippen molar-refractivity contribution in [1.29, 1.82) is 0 Å². The molecule has 6 heteroatoms. The van der Waals surface area contributed by atoms with Crippen LogP contribution in [0.25, 0.3) is 0 Å². The van der Waals surface area contributed by atoms with Gasteiger partial charge in [0.1, 0.15) is 12.0 Å². The maximum atomic E-state index is 5.93. The monoisotopic (exact) mass is 256 g/mol. The summed E-state index contributed by atoms with van der Waals surface area (Å²) in [6.07, 6.45) is 4.62. The second-order valence-corrected chi connectivity index (χ2v) is 4.69. The lowest BCUT2D eigenvalue weighted by Crippen LogP contribution is -2.18. The normalized spacial score (nSPS) is 12.2. The first kappa shape index (κ1) is 13.9. The number of ether oxygens (including phenoxy) is 1. The van der Waals surface area contributed by atoms with Crippen molar-refractivity contribution in [2.24, 2.45) is 0 Å². The van der Waals surface area contributed by atoms with Crippen molar-refractivity contribution in [3.8, 4) is 5.88 Å². The number of nitrogens with zero attached hydrogens (tertiary/aromatic N) is 2. The van der Waals surface area contributed by atoms with Gasteiger partial charge in [-0.05, 0) is 32.3 Å². The molecule has 0 aliphatic rings. The van der Waals surface area contributed by atoms with Crippen LogP contribution in [0.1, 0.15) is 20.3 Å². The van der Waals surface area contributed by atoms with E-state index in [1.165, 1.54) is 6.33 Å². The number of nitrogens with two attached hydrogens (primary N) is 1. The smallest absolute Gasteiger partial charge is 0.242 e. The minimum absolute atomic E-state index is 0.328. The summed E-state index contributed by atoms with van der Waals surface area (Å²) < 4.78 is 5.32. The van der Waals surface area contributed by atoms with Crippen molar-refractivity contribution in [1.82, 2.24) is 9.97 Å². The van der Waals surface area contributed by atoms with E-state index in [4.69, 9.17) is 10.5 Å². The Bertz CT molecular complexity index is 348. The SMILES string of the molecule is CCOc1ncnc(NC(C)CCSC)c1N. The Morgan fingerprint density at radius 3 is 2.94 bits per heavy atom. The van der Waals surface area contributed by atoms with Crippen molar-refractivity contribution >= 4 is 23.3 Å². The van der Waals surface area contributed by atoms with E-state index < -0.39 is 0 Å². The Kier molecular flexibility index (Phi) is 5.90. The third kappa shape index (κ3) is 4.30. The Labute approximate surface area is 107 Å². The first-order valence-electron chi connectivity index (χ1n) is 5.67. The zero-order chi connectivity index (χ0) is 12.7. The van der Waals surface area contributed by atoms with E-state index in [1.54, 1.807) is 0 Å². The molecular formula is C11H20N4OS. The van der Waals surface area contributed by atoms with E-state index in [0.29, 0.717) is 30.0 Å². The molecule has 1 unspecified atom stereocenters.